The molecule has 3 aliphatic carbocycles. The quantitative estimate of drug-likeness (QED) is 0.151. The molecule has 42 heavy (non-hydrogen) atoms. The van der Waals surface area contributed by atoms with Crippen molar-refractivity contribution < 1.29 is 19.3 Å². The van der Waals surface area contributed by atoms with Crippen LogP contribution in [0.3, 0.4) is 0 Å². The average molecular weight is 577 g/mol. The maximum Gasteiger partial charge on any atom is 0.271 e. The average Bonchev–Trinajstić information content (AvgIpc) is 3.28. The van der Waals surface area contributed by atoms with Crippen molar-refractivity contribution in [3.8, 4) is 0 Å². The summed E-state index contributed by atoms with van der Waals surface area (Å²) in [5, 5.41) is 15.6. The van der Waals surface area contributed by atoms with Crippen LogP contribution in [0.15, 0.2) is 102 Å². The molecule has 1 fully saturated rings. The lowest BCUT2D eigenvalue weighted by molar-refractivity contribution is -0.384. The zero-order valence-corrected chi connectivity index (χ0v) is 22.6. The van der Waals surface area contributed by atoms with Gasteiger partial charge in [-0.05, 0) is 46.5 Å². The van der Waals surface area contributed by atoms with Crippen LogP contribution in [0.4, 0.5) is 11.4 Å². The number of nitro benzene ring substituents is 1. The van der Waals surface area contributed by atoms with Crippen LogP contribution in [0.2, 0.25) is 5.02 Å². The number of hydrazone groups is 1. The summed E-state index contributed by atoms with van der Waals surface area (Å²) in [7, 11) is 0. The summed E-state index contributed by atoms with van der Waals surface area (Å²) in [6.45, 7) is 0. The fourth-order valence-corrected chi connectivity index (χ4v) is 7.13. The molecule has 8 rings (SSSR count). The van der Waals surface area contributed by atoms with Crippen molar-refractivity contribution in [3.63, 3.8) is 0 Å². The minimum Gasteiger partial charge on any atom is -0.274 e. The maximum absolute atomic E-state index is 14.4. The van der Waals surface area contributed by atoms with E-state index in [0.717, 1.165) is 22.3 Å². The topological polar surface area (TPSA) is 122 Å². The molecule has 206 valence electrons. The van der Waals surface area contributed by atoms with Crippen LogP contribution >= 0.6 is 11.6 Å². The number of carbonyl (C=O) groups is 3. The predicted molar refractivity (Wildman–Crippen MR) is 155 cm³/mol. The molecular formula is C32H21ClN4O5. The molecule has 0 spiro atoms. The number of non-ortho nitro benzene ring substituents is 1. The Balaban J connectivity index is 1.37. The number of anilines is 1. The van der Waals surface area contributed by atoms with E-state index in [1.165, 1.54) is 29.2 Å². The molecule has 10 heteroatoms. The van der Waals surface area contributed by atoms with Crippen LogP contribution in [0, 0.1) is 22.0 Å². The SMILES string of the molecule is O=C(N/N=C\C12c3ccccc3C(c3ccccc31)[C@@H]1C(=O)N(c3ccccc3Cl)C(=O)[C@H]12)c1ccc([N+](=O)[O-])cc1. The summed E-state index contributed by atoms with van der Waals surface area (Å²) in [6.07, 6.45) is 1.56. The Hall–Kier alpha value is -5.15. The molecule has 1 saturated heterocycles. The van der Waals surface area contributed by atoms with E-state index in [2.05, 4.69) is 10.5 Å². The molecule has 1 heterocycles. The first-order chi connectivity index (χ1) is 20.3. The van der Waals surface area contributed by atoms with Crippen molar-refractivity contribution in [2.24, 2.45) is 16.9 Å². The van der Waals surface area contributed by atoms with E-state index in [4.69, 9.17) is 11.6 Å². The van der Waals surface area contributed by atoms with E-state index >= 15 is 0 Å². The van der Waals surface area contributed by atoms with Crippen LogP contribution in [0.25, 0.3) is 0 Å². The van der Waals surface area contributed by atoms with E-state index in [1.807, 2.05) is 48.5 Å². The van der Waals surface area contributed by atoms with Crippen molar-refractivity contribution >= 4 is 46.9 Å². The number of amides is 3. The number of nitrogens with zero attached hydrogens (tertiary/aromatic N) is 3. The first kappa shape index (κ1) is 25.8. The summed E-state index contributed by atoms with van der Waals surface area (Å²) in [5.41, 5.74) is 5.24. The van der Waals surface area contributed by atoms with E-state index in [-0.39, 0.29) is 29.0 Å². The Morgan fingerprint density at radius 3 is 2.10 bits per heavy atom. The van der Waals surface area contributed by atoms with Gasteiger partial charge in [0.25, 0.3) is 11.6 Å². The minimum atomic E-state index is -1.17. The number of carbonyl (C=O) groups excluding carboxylic acids is 3. The summed E-state index contributed by atoms with van der Waals surface area (Å²) < 4.78 is 0. The molecule has 0 aromatic heterocycles. The second-order valence-corrected chi connectivity index (χ2v) is 10.9. The second kappa shape index (κ2) is 9.46. The lowest BCUT2D eigenvalue weighted by Gasteiger charge is -2.52. The van der Waals surface area contributed by atoms with E-state index in [1.54, 1.807) is 30.5 Å². The van der Waals surface area contributed by atoms with Crippen LogP contribution in [0.1, 0.15) is 38.5 Å². The lowest BCUT2D eigenvalue weighted by Crippen LogP contribution is -2.54. The highest BCUT2D eigenvalue weighted by atomic mass is 35.5. The van der Waals surface area contributed by atoms with Gasteiger partial charge in [0.2, 0.25) is 11.8 Å². The number of hydrogen-bond donors (Lipinski definition) is 1. The highest BCUT2D eigenvalue weighted by Gasteiger charge is 2.68. The van der Waals surface area contributed by atoms with Gasteiger partial charge in [-0.3, -0.25) is 24.5 Å². The Bertz CT molecular complexity index is 1810. The fraction of sp³-hybridized carbons (Fsp3) is 0.125. The molecule has 0 unspecified atom stereocenters. The molecule has 1 N–H and O–H groups in total. The van der Waals surface area contributed by atoms with Gasteiger partial charge in [-0.25, -0.2) is 10.3 Å². The summed E-state index contributed by atoms with van der Waals surface area (Å²) in [6, 6.07) is 27.3. The predicted octanol–water partition coefficient (Wildman–Crippen LogP) is 5.21. The number of halogens is 1. The number of hydrogen-bond acceptors (Lipinski definition) is 6. The van der Waals surface area contributed by atoms with Crippen molar-refractivity contribution in [2.45, 2.75) is 11.3 Å². The molecule has 9 nitrogen and oxygen atoms in total. The molecule has 0 saturated carbocycles. The normalized spacial score (nSPS) is 23.5. The standard InChI is InChI=1S/C32H21ClN4O5/c33-24-11-5-6-12-25(24)36-30(39)27-26-20-7-1-3-9-22(20)32(28(27)31(36)40,23-10-4-2-8-21(23)26)17-34-35-29(38)18-13-15-19(16-14-18)37(41)42/h1-17,26-28H,(H,35,38)/b34-17-/t26?,27-,28-,32?/m0/s1. The largest absolute Gasteiger partial charge is 0.274 e. The van der Waals surface area contributed by atoms with Crippen molar-refractivity contribution in [1.82, 2.24) is 5.43 Å². The number of imide groups is 1. The summed E-state index contributed by atoms with van der Waals surface area (Å²) in [4.78, 5) is 53.1. The highest BCUT2D eigenvalue weighted by Crippen LogP contribution is 2.63. The van der Waals surface area contributed by atoms with Gasteiger partial charge in [0.1, 0.15) is 0 Å². The Kier molecular flexibility index (Phi) is 5.81. The zero-order valence-electron chi connectivity index (χ0n) is 21.8. The Morgan fingerprint density at radius 1 is 0.881 bits per heavy atom. The summed E-state index contributed by atoms with van der Waals surface area (Å²) >= 11 is 6.48. The molecule has 4 aromatic rings. The van der Waals surface area contributed by atoms with Gasteiger partial charge in [0.15, 0.2) is 0 Å². The molecule has 4 aliphatic rings. The minimum absolute atomic E-state index is 0.139. The monoisotopic (exact) mass is 576 g/mol. The van der Waals surface area contributed by atoms with Crippen LogP contribution < -0.4 is 10.3 Å². The first-order valence-corrected chi connectivity index (χ1v) is 13.6. The second-order valence-electron chi connectivity index (χ2n) is 10.5. The van der Waals surface area contributed by atoms with Gasteiger partial charge in [0, 0.05) is 29.8 Å². The highest BCUT2D eigenvalue weighted by molar-refractivity contribution is 6.36. The third kappa shape index (κ3) is 3.50. The fourth-order valence-electron chi connectivity index (χ4n) is 6.91. The van der Waals surface area contributed by atoms with Crippen molar-refractivity contribution in [2.75, 3.05) is 4.90 Å². The van der Waals surface area contributed by atoms with E-state index < -0.39 is 28.1 Å². The number of benzene rings is 4. The Morgan fingerprint density at radius 2 is 1.48 bits per heavy atom. The molecule has 1 aliphatic heterocycles. The summed E-state index contributed by atoms with van der Waals surface area (Å²) in [5.74, 6) is -3.20. The smallest absolute Gasteiger partial charge is 0.271 e. The van der Waals surface area contributed by atoms with Crippen molar-refractivity contribution in [1.29, 1.82) is 0 Å². The zero-order chi connectivity index (χ0) is 29.2. The molecule has 2 atom stereocenters. The van der Waals surface area contributed by atoms with Gasteiger partial charge < -0.3 is 0 Å². The molecule has 3 amide bonds. The molecule has 0 radical (unpaired) electrons. The lowest BCUT2D eigenvalue weighted by atomic mass is 9.47. The molecule has 4 aromatic carbocycles. The van der Waals surface area contributed by atoms with Gasteiger partial charge in [0.05, 0.1) is 32.9 Å². The number of nitro groups is 1. The molecular weight excluding hydrogens is 556 g/mol. The first-order valence-electron chi connectivity index (χ1n) is 13.2. The van der Waals surface area contributed by atoms with Gasteiger partial charge >= 0.3 is 0 Å². The number of rotatable bonds is 5. The van der Waals surface area contributed by atoms with Crippen LogP contribution in [-0.4, -0.2) is 28.9 Å². The Labute approximate surface area is 244 Å². The van der Waals surface area contributed by atoms with Crippen molar-refractivity contribution in [3.05, 3.63) is 140 Å². The van der Waals surface area contributed by atoms with Gasteiger partial charge in [-0.1, -0.05) is 72.3 Å². The number of nitrogens with one attached hydrogen (secondary N) is 1. The van der Waals surface area contributed by atoms with E-state index in [9.17, 15) is 24.5 Å². The molecule has 2 bridgehead atoms. The van der Waals surface area contributed by atoms with Crippen LogP contribution in [-0.2, 0) is 15.0 Å². The third-order valence-electron chi connectivity index (χ3n) is 8.55. The van der Waals surface area contributed by atoms with Gasteiger partial charge in [-0.15, -0.1) is 0 Å². The number of para-hydroxylation sites is 1. The van der Waals surface area contributed by atoms with Crippen LogP contribution in [0.5, 0.6) is 0 Å². The van der Waals surface area contributed by atoms with E-state index in [0.29, 0.717) is 10.7 Å². The maximum atomic E-state index is 14.4. The van der Waals surface area contributed by atoms with Gasteiger partial charge in [-0.2, -0.15) is 5.10 Å². The third-order valence-corrected chi connectivity index (χ3v) is 8.87.